The van der Waals surface area contributed by atoms with Crippen molar-refractivity contribution in [3.63, 3.8) is 0 Å². The van der Waals surface area contributed by atoms with Crippen LogP contribution in [0.15, 0.2) is 24.3 Å². The molecule has 1 saturated heterocycles. The lowest BCUT2D eigenvalue weighted by Crippen LogP contribution is -2.25. The molecule has 1 unspecified atom stereocenters. The molecule has 0 radical (unpaired) electrons. The number of hydrogen-bond donors (Lipinski definition) is 1. The summed E-state index contributed by atoms with van der Waals surface area (Å²) in [6.07, 6.45) is 2.68. The number of benzene rings is 1. The first-order chi connectivity index (χ1) is 6.86. The van der Waals surface area contributed by atoms with Gasteiger partial charge in [0, 0.05) is 17.5 Å². The molecule has 2 rings (SSSR count). The Kier molecular flexibility index (Phi) is 3.35. The summed E-state index contributed by atoms with van der Waals surface area (Å²) in [4.78, 5) is 0. The van der Waals surface area contributed by atoms with Crippen molar-refractivity contribution in [2.75, 3.05) is 16.8 Å². The number of aryl methyl sites for hydroxylation is 1. The van der Waals surface area contributed by atoms with Gasteiger partial charge < -0.3 is 5.32 Å². The molecule has 1 N–H and O–H groups in total. The molecule has 1 nitrogen and oxygen atoms in total. The van der Waals surface area contributed by atoms with Crippen molar-refractivity contribution in [3.05, 3.63) is 29.8 Å². The van der Waals surface area contributed by atoms with E-state index in [0.29, 0.717) is 6.04 Å². The monoisotopic (exact) mass is 207 g/mol. The molecule has 0 bridgehead atoms. The highest BCUT2D eigenvalue weighted by atomic mass is 32.2. The van der Waals surface area contributed by atoms with Crippen LogP contribution in [-0.4, -0.2) is 17.5 Å². The Morgan fingerprint density at radius 3 is 2.93 bits per heavy atom. The zero-order valence-electron chi connectivity index (χ0n) is 8.62. The van der Waals surface area contributed by atoms with Crippen LogP contribution in [0.4, 0.5) is 5.69 Å². The molecule has 0 aliphatic carbocycles. The zero-order valence-corrected chi connectivity index (χ0v) is 9.44. The minimum Gasteiger partial charge on any atom is -0.381 e. The Hall–Kier alpha value is -0.630. The van der Waals surface area contributed by atoms with Gasteiger partial charge in [0.2, 0.25) is 0 Å². The van der Waals surface area contributed by atoms with Crippen LogP contribution >= 0.6 is 11.8 Å². The lowest BCUT2D eigenvalue weighted by Gasteiger charge is -2.24. The molecule has 1 aromatic carbocycles. The van der Waals surface area contributed by atoms with E-state index in [1.165, 1.54) is 35.6 Å². The first-order valence-corrected chi connectivity index (χ1v) is 6.41. The Labute approximate surface area is 90.3 Å². The first kappa shape index (κ1) is 9.91. The van der Waals surface area contributed by atoms with Gasteiger partial charge in [-0.3, -0.25) is 0 Å². The average Bonchev–Trinajstić information content (AvgIpc) is 2.23. The molecule has 14 heavy (non-hydrogen) atoms. The molecule has 1 aromatic rings. The number of thioether (sulfide) groups is 1. The summed E-state index contributed by atoms with van der Waals surface area (Å²) in [7, 11) is 0. The summed E-state index contributed by atoms with van der Waals surface area (Å²) in [6, 6.07) is 9.21. The van der Waals surface area contributed by atoms with Crippen molar-refractivity contribution in [1.82, 2.24) is 0 Å². The van der Waals surface area contributed by atoms with Gasteiger partial charge in [0.25, 0.3) is 0 Å². The maximum absolute atomic E-state index is 3.63. The molecule has 0 aromatic heterocycles. The summed E-state index contributed by atoms with van der Waals surface area (Å²) >= 11 is 2.07. The van der Waals surface area contributed by atoms with Crippen LogP contribution in [0, 0.1) is 6.92 Å². The molecule has 76 valence electrons. The second kappa shape index (κ2) is 4.74. The minimum absolute atomic E-state index is 0.676. The second-order valence-corrected chi connectivity index (χ2v) is 5.02. The van der Waals surface area contributed by atoms with Crippen molar-refractivity contribution >= 4 is 17.4 Å². The van der Waals surface area contributed by atoms with Crippen molar-refractivity contribution in [2.45, 2.75) is 25.8 Å². The number of nitrogens with one attached hydrogen (secondary N) is 1. The molecule has 1 aliphatic rings. The fraction of sp³-hybridized carbons (Fsp3) is 0.500. The van der Waals surface area contributed by atoms with Gasteiger partial charge in [0.1, 0.15) is 0 Å². The van der Waals surface area contributed by atoms with Crippen molar-refractivity contribution in [3.8, 4) is 0 Å². The van der Waals surface area contributed by atoms with E-state index in [1.807, 2.05) is 0 Å². The topological polar surface area (TPSA) is 12.0 Å². The third kappa shape index (κ3) is 2.44. The van der Waals surface area contributed by atoms with Gasteiger partial charge in [-0.2, -0.15) is 11.8 Å². The molecule has 0 saturated carbocycles. The highest BCUT2D eigenvalue weighted by molar-refractivity contribution is 7.99. The van der Waals surface area contributed by atoms with Crippen LogP contribution in [-0.2, 0) is 0 Å². The summed E-state index contributed by atoms with van der Waals surface area (Å²) in [5, 5.41) is 3.63. The zero-order chi connectivity index (χ0) is 9.80. The average molecular weight is 207 g/mol. The van der Waals surface area contributed by atoms with Crippen molar-refractivity contribution < 1.29 is 0 Å². The van der Waals surface area contributed by atoms with Crippen LogP contribution in [0.3, 0.4) is 0 Å². The fourth-order valence-electron chi connectivity index (χ4n) is 1.81. The van der Waals surface area contributed by atoms with Gasteiger partial charge in [-0.1, -0.05) is 18.2 Å². The predicted molar refractivity (Wildman–Crippen MR) is 65.1 cm³/mol. The lowest BCUT2D eigenvalue weighted by atomic mass is 10.1. The summed E-state index contributed by atoms with van der Waals surface area (Å²) in [5.41, 5.74) is 2.66. The second-order valence-electron chi connectivity index (χ2n) is 3.87. The summed E-state index contributed by atoms with van der Waals surface area (Å²) < 4.78 is 0. The third-order valence-corrected chi connectivity index (χ3v) is 3.88. The molecular formula is C12H17NS. The van der Waals surface area contributed by atoms with E-state index >= 15 is 0 Å². The highest BCUT2D eigenvalue weighted by Crippen LogP contribution is 2.22. The molecule has 1 atom stereocenters. The predicted octanol–water partition coefficient (Wildman–Crippen LogP) is 3.30. The smallest absolute Gasteiger partial charge is 0.0372 e. The van der Waals surface area contributed by atoms with Gasteiger partial charge in [-0.05, 0) is 37.1 Å². The van der Waals surface area contributed by atoms with Crippen LogP contribution < -0.4 is 5.32 Å². The van der Waals surface area contributed by atoms with E-state index in [-0.39, 0.29) is 0 Å². The lowest BCUT2D eigenvalue weighted by molar-refractivity contribution is 0.684. The Bertz CT molecular complexity index is 292. The maximum Gasteiger partial charge on any atom is 0.0372 e. The van der Waals surface area contributed by atoms with Gasteiger partial charge in [0.15, 0.2) is 0 Å². The van der Waals surface area contributed by atoms with Crippen molar-refractivity contribution in [2.24, 2.45) is 0 Å². The fourth-order valence-corrected chi connectivity index (χ4v) is 2.88. The van der Waals surface area contributed by atoms with E-state index in [2.05, 4.69) is 48.3 Å². The minimum atomic E-state index is 0.676. The standard InChI is InChI=1S/C12H17NS/c1-10-5-2-3-7-12(10)13-11-6-4-8-14-9-11/h2-3,5,7,11,13H,4,6,8-9H2,1H3. The van der Waals surface area contributed by atoms with E-state index in [0.717, 1.165) is 0 Å². The van der Waals surface area contributed by atoms with Crippen LogP contribution in [0.5, 0.6) is 0 Å². The Morgan fingerprint density at radius 1 is 1.36 bits per heavy atom. The maximum atomic E-state index is 3.63. The van der Waals surface area contributed by atoms with Crippen LogP contribution in [0.25, 0.3) is 0 Å². The molecule has 1 fully saturated rings. The molecule has 1 aliphatic heterocycles. The molecule has 0 amide bonds. The molecule has 2 heteroatoms. The summed E-state index contributed by atoms with van der Waals surface area (Å²) in [6.45, 7) is 2.16. The first-order valence-electron chi connectivity index (χ1n) is 5.26. The van der Waals surface area contributed by atoms with Crippen LogP contribution in [0.2, 0.25) is 0 Å². The number of para-hydroxylation sites is 1. The van der Waals surface area contributed by atoms with Crippen molar-refractivity contribution in [1.29, 1.82) is 0 Å². The SMILES string of the molecule is Cc1ccccc1NC1CCCSC1. The largest absolute Gasteiger partial charge is 0.381 e. The number of anilines is 1. The normalized spacial score (nSPS) is 21.9. The number of rotatable bonds is 2. The van der Waals surface area contributed by atoms with Gasteiger partial charge in [0.05, 0.1) is 0 Å². The third-order valence-electron chi connectivity index (χ3n) is 2.66. The van der Waals surface area contributed by atoms with Gasteiger partial charge in [-0.25, -0.2) is 0 Å². The van der Waals surface area contributed by atoms with Crippen LogP contribution in [0.1, 0.15) is 18.4 Å². The molecular weight excluding hydrogens is 190 g/mol. The van der Waals surface area contributed by atoms with E-state index in [1.54, 1.807) is 0 Å². The molecule has 0 spiro atoms. The highest BCUT2D eigenvalue weighted by Gasteiger charge is 2.13. The summed E-state index contributed by atoms with van der Waals surface area (Å²) in [5.74, 6) is 2.60. The Morgan fingerprint density at radius 2 is 2.21 bits per heavy atom. The quantitative estimate of drug-likeness (QED) is 0.798. The van der Waals surface area contributed by atoms with E-state index in [9.17, 15) is 0 Å². The Balaban J connectivity index is 1.99. The van der Waals surface area contributed by atoms with Gasteiger partial charge in [-0.15, -0.1) is 0 Å². The van der Waals surface area contributed by atoms with E-state index < -0.39 is 0 Å². The number of hydrogen-bond acceptors (Lipinski definition) is 2. The molecule has 1 heterocycles. The van der Waals surface area contributed by atoms with E-state index in [4.69, 9.17) is 0 Å². The van der Waals surface area contributed by atoms with Gasteiger partial charge >= 0.3 is 0 Å².